The molecule has 2 aliphatic rings. The van der Waals surface area contributed by atoms with Gasteiger partial charge in [0.1, 0.15) is 0 Å². The van der Waals surface area contributed by atoms with E-state index in [1.165, 1.54) is 19.3 Å². The normalized spacial score (nSPS) is 36.0. The highest BCUT2D eigenvalue weighted by atomic mass is 16.3. The summed E-state index contributed by atoms with van der Waals surface area (Å²) in [4.78, 5) is 2.47. The van der Waals surface area contributed by atoms with Gasteiger partial charge in [-0.2, -0.15) is 0 Å². The van der Waals surface area contributed by atoms with E-state index in [2.05, 4.69) is 4.90 Å². The molecule has 0 radical (unpaired) electrons. The molecule has 1 heterocycles. The number of likely N-dealkylation sites (tertiary alicyclic amines) is 1. The van der Waals surface area contributed by atoms with Gasteiger partial charge in [-0.25, -0.2) is 0 Å². The van der Waals surface area contributed by atoms with Crippen LogP contribution >= 0.6 is 0 Å². The molecule has 94 valence electrons. The fraction of sp³-hybridized carbons (Fsp3) is 1.00. The summed E-state index contributed by atoms with van der Waals surface area (Å²) in [5.74, 6) is 0.504. The summed E-state index contributed by atoms with van der Waals surface area (Å²) in [6.45, 7) is 3.51. The molecule has 1 saturated heterocycles. The van der Waals surface area contributed by atoms with Crippen LogP contribution in [0.1, 0.15) is 44.9 Å². The molecule has 2 fully saturated rings. The number of aliphatic hydroxyl groups excluding tert-OH is 1. The van der Waals surface area contributed by atoms with Crippen LogP contribution in [0.15, 0.2) is 0 Å². The van der Waals surface area contributed by atoms with E-state index in [0.717, 1.165) is 45.3 Å². The second-order valence-corrected chi connectivity index (χ2v) is 5.53. The number of hydrogen-bond donors (Lipinski definition) is 2. The number of hydrogen-bond acceptors (Lipinski definition) is 3. The second-order valence-electron chi connectivity index (χ2n) is 5.53. The van der Waals surface area contributed by atoms with E-state index in [1.54, 1.807) is 0 Å². The van der Waals surface area contributed by atoms with E-state index in [4.69, 9.17) is 5.11 Å². The van der Waals surface area contributed by atoms with Gasteiger partial charge < -0.3 is 15.1 Å². The van der Waals surface area contributed by atoms with E-state index >= 15 is 0 Å². The second kappa shape index (κ2) is 5.48. The summed E-state index contributed by atoms with van der Waals surface area (Å²) in [6.07, 6.45) is 7.66. The molecule has 2 atom stereocenters. The highest BCUT2D eigenvalue weighted by Gasteiger charge is 2.42. The molecule has 3 heteroatoms. The maximum atomic E-state index is 10.5. The molecule has 16 heavy (non-hydrogen) atoms. The van der Waals surface area contributed by atoms with E-state index < -0.39 is 0 Å². The van der Waals surface area contributed by atoms with Crippen molar-refractivity contribution >= 4 is 0 Å². The average molecular weight is 227 g/mol. The monoisotopic (exact) mass is 227 g/mol. The van der Waals surface area contributed by atoms with Gasteiger partial charge in [-0.1, -0.05) is 12.8 Å². The topological polar surface area (TPSA) is 43.7 Å². The van der Waals surface area contributed by atoms with E-state index in [1.807, 2.05) is 0 Å². The molecular weight excluding hydrogens is 202 g/mol. The number of rotatable bonds is 4. The Balaban J connectivity index is 1.80. The van der Waals surface area contributed by atoms with Crippen LogP contribution in [0.5, 0.6) is 0 Å². The van der Waals surface area contributed by atoms with E-state index in [-0.39, 0.29) is 5.60 Å². The summed E-state index contributed by atoms with van der Waals surface area (Å²) in [5.41, 5.74) is -0.342. The summed E-state index contributed by atoms with van der Waals surface area (Å²) in [7, 11) is 0. The zero-order valence-electron chi connectivity index (χ0n) is 10.2. The third kappa shape index (κ3) is 2.76. The third-order valence-corrected chi connectivity index (χ3v) is 4.39. The molecular formula is C13H25NO2. The molecule has 0 aromatic carbocycles. The Morgan fingerprint density at radius 3 is 2.88 bits per heavy atom. The van der Waals surface area contributed by atoms with E-state index in [0.29, 0.717) is 12.5 Å². The molecule has 0 amide bonds. The minimum Gasteiger partial charge on any atom is -0.396 e. The molecule has 3 nitrogen and oxygen atoms in total. The van der Waals surface area contributed by atoms with Gasteiger partial charge in [-0.3, -0.25) is 0 Å². The zero-order valence-corrected chi connectivity index (χ0v) is 10.2. The Hall–Kier alpha value is -0.120. The molecule has 1 aliphatic carbocycles. The van der Waals surface area contributed by atoms with Gasteiger partial charge in [-0.05, 0) is 38.6 Å². The standard InChI is InChI=1S/C13H25NO2/c15-10-4-3-8-14-9-7-13(16)6-2-1-5-12(13)11-14/h12,15-16H,1-11H2. The van der Waals surface area contributed by atoms with Crippen LogP contribution < -0.4 is 0 Å². The first-order chi connectivity index (χ1) is 7.74. The number of nitrogens with zero attached hydrogens (tertiary/aromatic N) is 1. The summed E-state index contributed by atoms with van der Waals surface area (Å²) < 4.78 is 0. The highest BCUT2D eigenvalue weighted by Crippen LogP contribution is 2.39. The van der Waals surface area contributed by atoms with Gasteiger partial charge in [0.25, 0.3) is 0 Å². The van der Waals surface area contributed by atoms with Crippen molar-refractivity contribution in [2.45, 2.75) is 50.5 Å². The van der Waals surface area contributed by atoms with Gasteiger partial charge in [0.2, 0.25) is 0 Å². The van der Waals surface area contributed by atoms with Crippen LogP contribution in [0.25, 0.3) is 0 Å². The fourth-order valence-electron chi connectivity index (χ4n) is 3.29. The molecule has 0 bridgehead atoms. The van der Waals surface area contributed by atoms with Gasteiger partial charge in [-0.15, -0.1) is 0 Å². The Morgan fingerprint density at radius 1 is 1.19 bits per heavy atom. The first-order valence-corrected chi connectivity index (χ1v) is 6.80. The zero-order chi connectivity index (χ0) is 11.4. The lowest BCUT2D eigenvalue weighted by molar-refractivity contribution is -0.0954. The quantitative estimate of drug-likeness (QED) is 0.713. The summed E-state index contributed by atoms with van der Waals surface area (Å²) >= 11 is 0. The van der Waals surface area contributed by atoms with Crippen molar-refractivity contribution in [1.82, 2.24) is 4.90 Å². The summed E-state index contributed by atoms with van der Waals surface area (Å²) in [6, 6.07) is 0. The van der Waals surface area contributed by atoms with Crippen molar-refractivity contribution in [2.75, 3.05) is 26.2 Å². The molecule has 0 spiro atoms. The highest BCUT2D eigenvalue weighted by molar-refractivity contribution is 4.95. The smallest absolute Gasteiger partial charge is 0.0700 e. The average Bonchev–Trinajstić information content (AvgIpc) is 2.29. The van der Waals surface area contributed by atoms with Crippen LogP contribution in [-0.4, -0.2) is 47.0 Å². The van der Waals surface area contributed by atoms with Crippen molar-refractivity contribution in [3.05, 3.63) is 0 Å². The lowest BCUT2D eigenvalue weighted by Crippen LogP contribution is -2.53. The van der Waals surface area contributed by atoms with Crippen molar-refractivity contribution in [1.29, 1.82) is 0 Å². The van der Waals surface area contributed by atoms with E-state index in [9.17, 15) is 5.11 Å². The Bertz CT molecular complexity index is 222. The fourth-order valence-corrected chi connectivity index (χ4v) is 3.29. The first-order valence-electron chi connectivity index (χ1n) is 6.80. The molecule has 2 N–H and O–H groups in total. The van der Waals surface area contributed by atoms with Crippen molar-refractivity contribution < 1.29 is 10.2 Å². The van der Waals surface area contributed by atoms with Gasteiger partial charge in [0.15, 0.2) is 0 Å². The van der Waals surface area contributed by atoms with Gasteiger partial charge >= 0.3 is 0 Å². The number of unbranched alkanes of at least 4 members (excludes halogenated alkanes) is 1. The number of fused-ring (bicyclic) bond motifs is 1. The molecule has 1 aliphatic heterocycles. The minimum atomic E-state index is -0.342. The van der Waals surface area contributed by atoms with Crippen LogP contribution in [0, 0.1) is 5.92 Å². The van der Waals surface area contributed by atoms with Gasteiger partial charge in [0, 0.05) is 25.6 Å². The van der Waals surface area contributed by atoms with Crippen LogP contribution in [0.2, 0.25) is 0 Å². The van der Waals surface area contributed by atoms with Crippen LogP contribution in [-0.2, 0) is 0 Å². The lowest BCUT2D eigenvalue weighted by atomic mass is 9.71. The molecule has 2 rings (SSSR count). The van der Waals surface area contributed by atoms with Crippen molar-refractivity contribution in [2.24, 2.45) is 5.92 Å². The predicted octanol–water partition coefficient (Wildman–Crippen LogP) is 1.39. The SMILES string of the molecule is OCCCCN1CCC2(O)CCCCC2C1. The lowest BCUT2D eigenvalue weighted by Gasteiger charge is -2.47. The molecule has 0 aromatic rings. The van der Waals surface area contributed by atoms with Crippen LogP contribution in [0.4, 0.5) is 0 Å². The van der Waals surface area contributed by atoms with Crippen molar-refractivity contribution in [3.8, 4) is 0 Å². The summed E-state index contributed by atoms with van der Waals surface area (Å²) in [5, 5.41) is 19.3. The van der Waals surface area contributed by atoms with Crippen molar-refractivity contribution in [3.63, 3.8) is 0 Å². The largest absolute Gasteiger partial charge is 0.396 e. The Labute approximate surface area is 98.5 Å². The van der Waals surface area contributed by atoms with Gasteiger partial charge in [0.05, 0.1) is 5.60 Å². The minimum absolute atomic E-state index is 0.307. The molecule has 2 unspecified atom stereocenters. The number of piperidine rings is 1. The Morgan fingerprint density at radius 2 is 2.06 bits per heavy atom. The van der Waals surface area contributed by atoms with Crippen LogP contribution in [0.3, 0.4) is 0 Å². The maximum Gasteiger partial charge on any atom is 0.0700 e. The maximum absolute atomic E-state index is 10.5. The molecule has 0 aromatic heterocycles. The predicted molar refractivity (Wildman–Crippen MR) is 64.3 cm³/mol. The third-order valence-electron chi connectivity index (χ3n) is 4.39. The Kier molecular flexibility index (Phi) is 4.22. The number of aliphatic hydroxyl groups is 2. The first kappa shape index (κ1) is 12.3. The molecule has 1 saturated carbocycles.